The average molecular weight is 412 g/mol. The van der Waals surface area contributed by atoms with Crippen LogP contribution in [0.5, 0.6) is 0 Å². The molecule has 0 spiro atoms. The number of rotatable bonds is 4. The monoisotopic (exact) mass is 411 g/mol. The van der Waals surface area contributed by atoms with Crippen LogP contribution in [0.25, 0.3) is 11.2 Å². The first-order valence-electron chi connectivity index (χ1n) is 9.34. The number of anilines is 1. The van der Waals surface area contributed by atoms with Crippen LogP contribution in [0.1, 0.15) is 12.8 Å². The molecule has 0 bridgehead atoms. The van der Waals surface area contributed by atoms with Gasteiger partial charge in [0.1, 0.15) is 0 Å². The van der Waals surface area contributed by atoms with Crippen LogP contribution in [0.15, 0.2) is 14.6 Å². The van der Waals surface area contributed by atoms with Gasteiger partial charge in [0.15, 0.2) is 11.2 Å². The molecule has 154 valence electrons. The highest BCUT2D eigenvalue weighted by atomic mass is 35.5. The van der Waals surface area contributed by atoms with Crippen LogP contribution in [-0.4, -0.2) is 63.9 Å². The minimum Gasteiger partial charge on any atom is -0.378 e. The maximum Gasteiger partial charge on any atom is 0.332 e. The number of hydrogen-bond acceptors (Lipinski definition) is 7. The summed E-state index contributed by atoms with van der Waals surface area (Å²) in [6, 6.07) is 0. The molecular weight excluding hydrogens is 386 g/mol. The van der Waals surface area contributed by atoms with E-state index in [4.69, 9.17) is 4.74 Å². The van der Waals surface area contributed by atoms with Gasteiger partial charge in [-0.2, -0.15) is 4.98 Å². The van der Waals surface area contributed by atoms with Crippen molar-refractivity contribution in [3.05, 3.63) is 20.8 Å². The van der Waals surface area contributed by atoms with Gasteiger partial charge in [0, 0.05) is 53.2 Å². The van der Waals surface area contributed by atoms with Crippen LogP contribution in [0.3, 0.4) is 0 Å². The number of ether oxygens (including phenoxy) is 1. The Morgan fingerprint density at radius 3 is 2.57 bits per heavy atom. The van der Waals surface area contributed by atoms with Crippen molar-refractivity contribution in [1.82, 2.24) is 24.0 Å². The first-order chi connectivity index (χ1) is 13.1. The predicted molar refractivity (Wildman–Crippen MR) is 110 cm³/mol. The molecule has 0 amide bonds. The zero-order valence-corrected chi connectivity index (χ0v) is 17.0. The van der Waals surface area contributed by atoms with E-state index < -0.39 is 0 Å². The third-order valence-corrected chi connectivity index (χ3v) is 5.16. The number of morpholine rings is 1. The van der Waals surface area contributed by atoms with Crippen molar-refractivity contribution in [2.24, 2.45) is 19.1 Å². The number of aryl methyl sites for hydroxylation is 1. The minimum atomic E-state index is -0.371. The zero-order valence-electron chi connectivity index (χ0n) is 16.2. The van der Waals surface area contributed by atoms with Crippen molar-refractivity contribution in [2.75, 3.05) is 44.3 Å². The molecule has 2 aliphatic heterocycles. The molecule has 1 N–H and O–H groups in total. The quantitative estimate of drug-likeness (QED) is 0.726. The Morgan fingerprint density at radius 1 is 1.14 bits per heavy atom. The van der Waals surface area contributed by atoms with Crippen LogP contribution in [-0.2, 0) is 25.4 Å². The molecule has 4 heterocycles. The predicted octanol–water partition coefficient (Wildman–Crippen LogP) is -0.526. The fourth-order valence-corrected chi connectivity index (χ4v) is 3.65. The summed E-state index contributed by atoms with van der Waals surface area (Å²) < 4.78 is 9.94. The van der Waals surface area contributed by atoms with E-state index >= 15 is 0 Å². The molecule has 0 radical (unpaired) electrons. The lowest BCUT2D eigenvalue weighted by Crippen LogP contribution is -2.39. The number of aliphatic imine (C=N–C) groups is 1. The number of imidazole rings is 1. The SMILES string of the molecule is Cl.Cn1c(=O)c2c(nc(N3CCOCC3)n2CCNC2=NCCC2)n(C)c1=O. The van der Waals surface area contributed by atoms with Gasteiger partial charge in [0.25, 0.3) is 5.56 Å². The Bertz CT molecular complexity index is 1000. The first kappa shape index (κ1) is 20.4. The summed E-state index contributed by atoms with van der Waals surface area (Å²) in [4.78, 5) is 36.4. The molecule has 1 saturated heterocycles. The molecule has 28 heavy (non-hydrogen) atoms. The van der Waals surface area contributed by atoms with Crippen molar-refractivity contribution in [2.45, 2.75) is 19.4 Å². The van der Waals surface area contributed by atoms with E-state index in [0.29, 0.717) is 56.5 Å². The third kappa shape index (κ3) is 3.53. The molecule has 11 heteroatoms. The summed E-state index contributed by atoms with van der Waals surface area (Å²) in [5.41, 5.74) is 0.182. The number of amidine groups is 1. The van der Waals surface area contributed by atoms with Gasteiger partial charge >= 0.3 is 5.69 Å². The van der Waals surface area contributed by atoms with Crippen molar-refractivity contribution >= 4 is 35.4 Å². The Morgan fingerprint density at radius 2 is 1.89 bits per heavy atom. The molecule has 0 saturated carbocycles. The lowest BCUT2D eigenvalue weighted by molar-refractivity contribution is 0.121. The highest BCUT2D eigenvalue weighted by Gasteiger charge is 2.23. The number of halogens is 1. The van der Waals surface area contributed by atoms with E-state index in [1.165, 1.54) is 11.6 Å². The lowest BCUT2D eigenvalue weighted by Gasteiger charge is -2.28. The van der Waals surface area contributed by atoms with Crippen LogP contribution in [0, 0.1) is 0 Å². The summed E-state index contributed by atoms with van der Waals surface area (Å²) in [5.74, 6) is 1.73. The van der Waals surface area contributed by atoms with E-state index in [0.717, 1.165) is 29.8 Å². The van der Waals surface area contributed by atoms with Crippen LogP contribution in [0.2, 0.25) is 0 Å². The Kier molecular flexibility index (Phi) is 6.09. The Hall–Kier alpha value is -2.33. The van der Waals surface area contributed by atoms with E-state index in [1.807, 2.05) is 4.57 Å². The molecule has 0 atom stereocenters. The van der Waals surface area contributed by atoms with Crippen LogP contribution < -0.4 is 21.5 Å². The summed E-state index contributed by atoms with van der Waals surface area (Å²) >= 11 is 0. The summed E-state index contributed by atoms with van der Waals surface area (Å²) in [7, 11) is 3.15. The third-order valence-electron chi connectivity index (χ3n) is 5.16. The maximum atomic E-state index is 12.8. The normalized spacial score (nSPS) is 16.9. The number of fused-ring (bicyclic) bond motifs is 1. The van der Waals surface area contributed by atoms with Crippen molar-refractivity contribution in [1.29, 1.82) is 0 Å². The number of hydrogen-bond donors (Lipinski definition) is 1. The second kappa shape index (κ2) is 8.36. The molecule has 1 fully saturated rings. The Labute approximate surface area is 168 Å². The highest BCUT2D eigenvalue weighted by Crippen LogP contribution is 2.20. The molecule has 0 aliphatic carbocycles. The number of nitrogens with zero attached hydrogens (tertiary/aromatic N) is 6. The fraction of sp³-hybridized carbons (Fsp3) is 0.647. The van der Waals surface area contributed by atoms with Gasteiger partial charge in [-0.25, -0.2) is 4.79 Å². The Balaban J connectivity index is 0.00000225. The van der Waals surface area contributed by atoms with Gasteiger partial charge in [0.2, 0.25) is 5.95 Å². The van der Waals surface area contributed by atoms with Gasteiger partial charge < -0.3 is 19.5 Å². The van der Waals surface area contributed by atoms with Crippen LogP contribution >= 0.6 is 12.4 Å². The van der Waals surface area contributed by atoms with E-state index in [2.05, 4.69) is 20.2 Å². The minimum absolute atomic E-state index is 0. The molecular formula is C17H26ClN7O3. The molecule has 4 rings (SSSR count). The van der Waals surface area contributed by atoms with Gasteiger partial charge in [-0.3, -0.25) is 18.9 Å². The molecule has 0 unspecified atom stereocenters. The average Bonchev–Trinajstić information content (AvgIpc) is 3.33. The number of nitrogens with one attached hydrogen (secondary N) is 1. The first-order valence-corrected chi connectivity index (χ1v) is 9.34. The van der Waals surface area contributed by atoms with Crippen molar-refractivity contribution in [3.63, 3.8) is 0 Å². The zero-order chi connectivity index (χ0) is 19.0. The van der Waals surface area contributed by atoms with Crippen molar-refractivity contribution < 1.29 is 4.74 Å². The van der Waals surface area contributed by atoms with Crippen LogP contribution in [0.4, 0.5) is 5.95 Å². The van der Waals surface area contributed by atoms with Gasteiger partial charge in [-0.15, -0.1) is 12.4 Å². The molecule has 2 aromatic rings. The van der Waals surface area contributed by atoms with Crippen molar-refractivity contribution in [3.8, 4) is 0 Å². The van der Waals surface area contributed by atoms with Gasteiger partial charge in [-0.1, -0.05) is 0 Å². The molecule has 2 aromatic heterocycles. The van der Waals surface area contributed by atoms with Gasteiger partial charge in [0.05, 0.1) is 19.0 Å². The molecule has 2 aliphatic rings. The summed E-state index contributed by atoms with van der Waals surface area (Å²) in [6.07, 6.45) is 2.05. The molecule has 0 aromatic carbocycles. The molecule has 10 nitrogen and oxygen atoms in total. The smallest absolute Gasteiger partial charge is 0.332 e. The maximum absolute atomic E-state index is 12.8. The lowest BCUT2D eigenvalue weighted by atomic mass is 10.3. The van der Waals surface area contributed by atoms with Gasteiger partial charge in [-0.05, 0) is 6.42 Å². The summed E-state index contributed by atoms with van der Waals surface area (Å²) in [6.45, 7) is 4.74. The largest absolute Gasteiger partial charge is 0.378 e. The van der Waals surface area contributed by atoms with E-state index in [9.17, 15) is 9.59 Å². The summed E-state index contributed by atoms with van der Waals surface area (Å²) in [5, 5.41) is 3.36. The fourth-order valence-electron chi connectivity index (χ4n) is 3.65. The standard InChI is InChI=1S/C17H25N7O3.ClH/c1-21-14-13(15(25)22(2)17(21)26)24(7-6-19-12-4-3-5-18-12)16(20-14)23-8-10-27-11-9-23;/h3-11H2,1-2H3,(H,18,19);1H. The van der Waals surface area contributed by atoms with E-state index in [-0.39, 0.29) is 23.7 Å². The second-order valence-corrected chi connectivity index (χ2v) is 6.90. The second-order valence-electron chi connectivity index (χ2n) is 6.90. The highest BCUT2D eigenvalue weighted by molar-refractivity contribution is 5.85. The number of aromatic nitrogens is 4. The topological polar surface area (TPSA) is 98.7 Å². The van der Waals surface area contributed by atoms with E-state index in [1.54, 1.807) is 7.05 Å².